The number of rotatable bonds is 5. The summed E-state index contributed by atoms with van der Waals surface area (Å²) in [7, 11) is 0. The first-order chi connectivity index (χ1) is 13.8. The number of benzene rings is 1. The number of nitrogens with zero attached hydrogens (tertiary/aromatic N) is 5. The molecule has 7 heteroatoms. The number of carbonyl (C=O) groups is 1. The Kier molecular flexibility index (Phi) is 6.01. The highest BCUT2D eigenvalue weighted by Gasteiger charge is 2.25. The number of carbonyl (C=O) groups excluding carboxylic acids is 1. The Hall–Kier alpha value is -2.67. The molecule has 2 aromatic rings. The third kappa shape index (κ3) is 4.59. The van der Waals surface area contributed by atoms with E-state index >= 15 is 0 Å². The van der Waals surface area contributed by atoms with Gasteiger partial charge in [0, 0.05) is 58.2 Å². The lowest BCUT2D eigenvalue weighted by molar-refractivity contribution is 0.192. The molecular formula is C21H28N6O. The molecule has 4 rings (SSSR count). The highest BCUT2D eigenvalue weighted by Crippen LogP contribution is 2.26. The van der Waals surface area contributed by atoms with Gasteiger partial charge in [0.15, 0.2) is 0 Å². The van der Waals surface area contributed by atoms with Gasteiger partial charge in [-0.05, 0) is 30.5 Å². The van der Waals surface area contributed by atoms with Gasteiger partial charge in [0.2, 0.25) is 5.95 Å². The van der Waals surface area contributed by atoms with Gasteiger partial charge in [-0.3, -0.25) is 0 Å². The molecule has 2 fully saturated rings. The van der Waals surface area contributed by atoms with Crippen LogP contribution in [0.25, 0.3) is 0 Å². The summed E-state index contributed by atoms with van der Waals surface area (Å²) in [5, 5.41) is 3.08. The van der Waals surface area contributed by atoms with Crippen LogP contribution in [0.1, 0.15) is 17.9 Å². The monoisotopic (exact) mass is 380 g/mol. The number of piperazine rings is 1. The first kappa shape index (κ1) is 18.7. The fourth-order valence-corrected chi connectivity index (χ4v) is 4.03. The van der Waals surface area contributed by atoms with E-state index in [1.54, 1.807) is 12.4 Å². The van der Waals surface area contributed by atoms with Crippen molar-refractivity contribution in [2.24, 2.45) is 0 Å². The molecule has 2 saturated heterocycles. The molecule has 7 nitrogen and oxygen atoms in total. The fraction of sp³-hybridized carbons (Fsp3) is 0.476. The second kappa shape index (κ2) is 9.01. The maximum Gasteiger partial charge on any atom is 0.317 e. The van der Waals surface area contributed by atoms with Crippen LogP contribution in [0.5, 0.6) is 0 Å². The van der Waals surface area contributed by atoms with E-state index in [1.165, 1.54) is 12.0 Å². The molecule has 2 aliphatic rings. The summed E-state index contributed by atoms with van der Waals surface area (Å²) >= 11 is 0. The summed E-state index contributed by atoms with van der Waals surface area (Å²) < 4.78 is 0. The standard InChI is InChI=1S/C21H28N6O/c28-21(27-15-13-26(14-16-27)20-22-8-4-9-23-20)24-10-12-25-11-7-19(17-25)18-5-2-1-3-6-18/h1-6,8-9,19H,7,10-17H2,(H,24,28)/t19-/m0/s1. The minimum absolute atomic E-state index is 0.0347. The fourth-order valence-electron chi connectivity index (χ4n) is 4.03. The van der Waals surface area contributed by atoms with E-state index in [0.717, 1.165) is 38.7 Å². The van der Waals surface area contributed by atoms with Crippen LogP contribution in [0.2, 0.25) is 0 Å². The molecule has 0 aliphatic carbocycles. The summed E-state index contributed by atoms with van der Waals surface area (Å²) in [6.45, 7) is 6.72. The molecule has 1 aromatic carbocycles. The molecular weight excluding hydrogens is 352 g/mol. The van der Waals surface area contributed by atoms with E-state index < -0.39 is 0 Å². The molecule has 1 atom stereocenters. The van der Waals surface area contributed by atoms with Crippen molar-refractivity contribution in [2.45, 2.75) is 12.3 Å². The summed E-state index contributed by atoms with van der Waals surface area (Å²) in [4.78, 5) is 27.5. The average Bonchev–Trinajstić information content (AvgIpc) is 3.24. The van der Waals surface area contributed by atoms with E-state index in [4.69, 9.17) is 0 Å². The number of likely N-dealkylation sites (tertiary alicyclic amines) is 1. The lowest BCUT2D eigenvalue weighted by Gasteiger charge is -2.34. The molecule has 2 aliphatic heterocycles. The van der Waals surface area contributed by atoms with Crippen LogP contribution in [0, 0.1) is 0 Å². The topological polar surface area (TPSA) is 64.6 Å². The van der Waals surface area contributed by atoms with Gasteiger partial charge in [-0.2, -0.15) is 0 Å². The summed E-state index contributed by atoms with van der Waals surface area (Å²) in [6, 6.07) is 12.6. The summed E-state index contributed by atoms with van der Waals surface area (Å²) in [5.74, 6) is 1.36. The third-order valence-corrected chi connectivity index (χ3v) is 5.65. The number of hydrogen-bond donors (Lipinski definition) is 1. The van der Waals surface area contributed by atoms with E-state index in [-0.39, 0.29) is 6.03 Å². The van der Waals surface area contributed by atoms with E-state index in [1.807, 2.05) is 11.0 Å². The lowest BCUT2D eigenvalue weighted by Crippen LogP contribution is -2.52. The van der Waals surface area contributed by atoms with Crippen LogP contribution < -0.4 is 10.2 Å². The predicted octanol–water partition coefficient (Wildman–Crippen LogP) is 1.80. The smallest absolute Gasteiger partial charge is 0.317 e. The van der Waals surface area contributed by atoms with Crippen molar-refractivity contribution in [3.8, 4) is 0 Å². The van der Waals surface area contributed by atoms with Crippen molar-refractivity contribution >= 4 is 12.0 Å². The molecule has 1 aromatic heterocycles. The zero-order valence-electron chi connectivity index (χ0n) is 16.2. The Morgan fingerprint density at radius 2 is 1.75 bits per heavy atom. The third-order valence-electron chi connectivity index (χ3n) is 5.65. The van der Waals surface area contributed by atoms with Crippen LogP contribution in [-0.4, -0.2) is 78.2 Å². The molecule has 0 bridgehead atoms. The predicted molar refractivity (Wildman–Crippen MR) is 109 cm³/mol. The van der Waals surface area contributed by atoms with Gasteiger partial charge in [-0.1, -0.05) is 30.3 Å². The Morgan fingerprint density at radius 3 is 2.50 bits per heavy atom. The maximum absolute atomic E-state index is 12.4. The SMILES string of the molecule is O=C(NCCN1CC[C@H](c2ccccc2)C1)N1CCN(c2ncccn2)CC1. The van der Waals surface area contributed by atoms with Gasteiger partial charge in [-0.25, -0.2) is 14.8 Å². The second-order valence-corrected chi connectivity index (χ2v) is 7.45. The van der Waals surface area contributed by atoms with Crippen LogP contribution in [-0.2, 0) is 0 Å². The van der Waals surface area contributed by atoms with Gasteiger partial charge in [-0.15, -0.1) is 0 Å². The van der Waals surface area contributed by atoms with E-state index in [9.17, 15) is 4.79 Å². The normalized spacial score (nSPS) is 20.4. The van der Waals surface area contributed by atoms with E-state index in [0.29, 0.717) is 25.6 Å². The first-order valence-corrected chi connectivity index (χ1v) is 10.1. The highest BCUT2D eigenvalue weighted by molar-refractivity contribution is 5.74. The minimum atomic E-state index is 0.0347. The Bertz CT molecular complexity index is 748. The first-order valence-electron chi connectivity index (χ1n) is 10.1. The molecule has 0 saturated carbocycles. The number of nitrogens with one attached hydrogen (secondary N) is 1. The van der Waals surface area contributed by atoms with Crippen LogP contribution in [0.15, 0.2) is 48.8 Å². The van der Waals surface area contributed by atoms with Gasteiger partial charge in [0.05, 0.1) is 0 Å². The molecule has 0 radical (unpaired) electrons. The number of amides is 2. The summed E-state index contributed by atoms with van der Waals surface area (Å²) in [5.41, 5.74) is 1.43. The number of anilines is 1. The van der Waals surface area contributed by atoms with Crippen LogP contribution >= 0.6 is 0 Å². The van der Waals surface area contributed by atoms with Crippen molar-refractivity contribution in [3.05, 3.63) is 54.4 Å². The molecule has 0 spiro atoms. The Labute approximate surface area is 166 Å². The Balaban J connectivity index is 1.16. The molecule has 3 heterocycles. The highest BCUT2D eigenvalue weighted by atomic mass is 16.2. The number of urea groups is 1. The van der Waals surface area contributed by atoms with Gasteiger partial charge in [0.25, 0.3) is 0 Å². The molecule has 2 amide bonds. The van der Waals surface area contributed by atoms with Crippen molar-refractivity contribution < 1.29 is 4.79 Å². The number of hydrogen-bond acceptors (Lipinski definition) is 5. The lowest BCUT2D eigenvalue weighted by atomic mass is 9.99. The second-order valence-electron chi connectivity index (χ2n) is 7.45. The van der Waals surface area contributed by atoms with Crippen molar-refractivity contribution in [1.82, 2.24) is 25.1 Å². The van der Waals surface area contributed by atoms with Gasteiger partial charge >= 0.3 is 6.03 Å². The minimum Gasteiger partial charge on any atom is -0.337 e. The molecule has 0 unspecified atom stereocenters. The largest absolute Gasteiger partial charge is 0.337 e. The van der Waals surface area contributed by atoms with E-state index in [2.05, 4.69) is 55.4 Å². The molecule has 148 valence electrons. The summed E-state index contributed by atoms with van der Waals surface area (Å²) in [6.07, 6.45) is 4.70. The van der Waals surface area contributed by atoms with Gasteiger partial charge < -0.3 is 20.0 Å². The van der Waals surface area contributed by atoms with Crippen LogP contribution in [0.4, 0.5) is 10.7 Å². The van der Waals surface area contributed by atoms with Crippen molar-refractivity contribution in [2.75, 3.05) is 57.3 Å². The Morgan fingerprint density at radius 1 is 1.00 bits per heavy atom. The average molecular weight is 380 g/mol. The zero-order chi connectivity index (χ0) is 19.2. The van der Waals surface area contributed by atoms with Crippen LogP contribution in [0.3, 0.4) is 0 Å². The molecule has 1 N–H and O–H groups in total. The quantitative estimate of drug-likeness (QED) is 0.857. The maximum atomic E-state index is 12.4. The molecule has 28 heavy (non-hydrogen) atoms. The van der Waals surface area contributed by atoms with Crippen molar-refractivity contribution in [1.29, 1.82) is 0 Å². The zero-order valence-corrected chi connectivity index (χ0v) is 16.2. The van der Waals surface area contributed by atoms with Gasteiger partial charge in [0.1, 0.15) is 0 Å². The number of aromatic nitrogens is 2. The van der Waals surface area contributed by atoms with Crippen molar-refractivity contribution in [3.63, 3.8) is 0 Å².